The van der Waals surface area contributed by atoms with Crippen molar-refractivity contribution in [1.29, 1.82) is 0 Å². The maximum absolute atomic E-state index is 9.77. The molecule has 18 heavy (non-hydrogen) atoms. The summed E-state index contributed by atoms with van der Waals surface area (Å²) in [6.45, 7) is 7.75. The molecule has 1 aromatic heterocycles. The van der Waals surface area contributed by atoms with Crippen LogP contribution in [-0.4, -0.2) is 16.6 Å². The molecule has 0 amide bonds. The lowest BCUT2D eigenvalue weighted by Gasteiger charge is -2.05. The van der Waals surface area contributed by atoms with E-state index in [2.05, 4.69) is 17.2 Å². The zero-order chi connectivity index (χ0) is 13.1. The Morgan fingerprint density at radius 3 is 2.56 bits per heavy atom. The van der Waals surface area contributed by atoms with E-state index in [4.69, 9.17) is 0 Å². The van der Waals surface area contributed by atoms with Crippen LogP contribution in [0, 0.1) is 13.8 Å². The van der Waals surface area contributed by atoms with Crippen LogP contribution in [0.4, 0.5) is 0 Å². The number of phenolic OH excluding ortho intramolecular Hbond substituents is 1. The molecule has 0 unspecified atom stereocenters. The van der Waals surface area contributed by atoms with Crippen LogP contribution in [0.2, 0.25) is 0 Å². The third-order valence-electron chi connectivity index (χ3n) is 2.84. The van der Waals surface area contributed by atoms with Gasteiger partial charge in [0.25, 0.3) is 0 Å². The highest BCUT2D eigenvalue weighted by molar-refractivity contribution is 7.15. The predicted octanol–water partition coefficient (Wildman–Crippen LogP) is 3.24. The zero-order valence-corrected chi connectivity index (χ0v) is 11.8. The van der Waals surface area contributed by atoms with E-state index in [1.807, 2.05) is 32.2 Å². The Morgan fingerprint density at radius 1 is 1.28 bits per heavy atom. The lowest BCUT2D eigenvalue weighted by molar-refractivity contribution is 0.467. The van der Waals surface area contributed by atoms with Gasteiger partial charge in [-0.25, -0.2) is 4.98 Å². The highest BCUT2D eigenvalue weighted by Gasteiger charge is 2.08. The summed E-state index contributed by atoms with van der Waals surface area (Å²) in [5.74, 6) is 0.378. The summed E-state index contributed by atoms with van der Waals surface area (Å²) in [7, 11) is 0. The number of aromatic nitrogens is 1. The van der Waals surface area contributed by atoms with Crippen LogP contribution >= 0.6 is 11.3 Å². The SMILES string of the molecule is CCNCc1cnc(-c2cc(C)c(O)c(C)c2)s1. The standard InChI is InChI=1S/C14H18N2OS/c1-4-15-7-12-8-16-14(18-12)11-5-9(2)13(17)10(3)6-11/h5-6,8,15,17H,4,7H2,1-3H3. The Morgan fingerprint density at radius 2 is 1.94 bits per heavy atom. The lowest BCUT2D eigenvalue weighted by Crippen LogP contribution is -2.10. The summed E-state index contributed by atoms with van der Waals surface area (Å²) < 4.78 is 0. The Labute approximate surface area is 112 Å². The molecule has 0 saturated carbocycles. The molecule has 96 valence electrons. The molecule has 0 fully saturated rings. The lowest BCUT2D eigenvalue weighted by atomic mass is 10.1. The van der Waals surface area contributed by atoms with Gasteiger partial charge >= 0.3 is 0 Å². The first-order valence-electron chi connectivity index (χ1n) is 6.07. The molecule has 2 aromatic rings. The van der Waals surface area contributed by atoms with E-state index >= 15 is 0 Å². The van der Waals surface area contributed by atoms with Crippen LogP contribution in [0.1, 0.15) is 22.9 Å². The van der Waals surface area contributed by atoms with Crippen LogP contribution in [0.25, 0.3) is 10.6 Å². The minimum absolute atomic E-state index is 0.378. The maximum Gasteiger partial charge on any atom is 0.123 e. The Kier molecular flexibility index (Phi) is 3.99. The van der Waals surface area contributed by atoms with Gasteiger partial charge in [0.05, 0.1) is 0 Å². The molecule has 0 aliphatic heterocycles. The van der Waals surface area contributed by atoms with Gasteiger partial charge in [-0.2, -0.15) is 0 Å². The van der Waals surface area contributed by atoms with Crippen molar-refractivity contribution < 1.29 is 5.11 Å². The monoisotopic (exact) mass is 262 g/mol. The molecular formula is C14H18N2OS. The molecule has 2 N–H and O–H groups in total. The zero-order valence-electron chi connectivity index (χ0n) is 10.9. The number of phenols is 1. The number of nitrogens with zero attached hydrogens (tertiary/aromatic N) is 1. The fourth-order valence-corrected chi connectivity index (χ4v) is 2.72. The largest absolute Gasteiger partial charge is 0.507 e. The van der Waals surface area contributed by atoms with E-state index in [-0.39, 0.29) is 0 Å². The molecule has 0 aliphatic rings. The second-order valence-electron chi connectivity index (χ2n) is 4.37. The van der Waals surface area contributed by atoms with E-state index in [1.54, 1.807) is 11.3 Å². The van der Waals surface area contributed by atoms with Crippen molar-refractivity contribution in [3.63, 3.8) is 0 Å². The Hall–Kier alpha value is -1.39. The normalized spacial score (nSPS) is 10.8. The molecule has 3 nitrogen and oxygen atoms in total. The van der Waals surface area contributed by atoms with Gasteiger partial charge in [-0.1, -0.05) is 6.92 Å². The van der Waals surface area contributed by atoms with Gasteiger partial charge in [0.1, 0.15) is 10.8 Å². The smallest absolute Gasteiger partial charge is 0.123 e. The first-order valence-corrected chi connectivity index (χ1v) is 6.89. The van der Waals surface area contributed by atoms with Crippen molar-refractivity contribution in [2.75, 3.05) is 6.54 Å². The van der Waals surface area contributed by atoms with Gasteiger partial charge < -0.3 is 10.4 Å². The molecule has 4 heteroatoms. The second kappa shape index (κ2) is 5.50. The van der Waals surface area contributed by atoms with Crippen molar-refractivity contribution >= 4 is 11.3 Å². The van der Waals surface area contributed by atoms with Gasteiger partial charge in [0, 0.05) is 23.2 Å². The van der Waals surface area contributed by atoms with Gasteiger partial charge in [0.15, 0.2) is 0 Å². The summed E-state index contributed by atoms with van der Waals surface area (Å²) in [6, 6.07) is 3.97. The second-order valence-corrected chi connectivity index (χ2v) is 5.49. The Balaban J connectivity index is 2.28. The van der Waals surface area contributed by atoms with E-state index < -0.39 is 0 Å². The molecule has 2 rings (SSSR count). The minimum Gasteiger partial charge on any atom is -0.507 e. The fraction of sp³-hybridized carbons (Fsp3) is 0.357. The fourth-order valence-electron chi connectivity index (χ4n) is 1.85. The molecule has 0 spiro atoms. The van der Waals surface area contributed by atoms with Crippen LogP contribution in [0.5, 0.6) is 5.75 Å². The van der Waals surface area contributed by atoms with Crippen molar-refractivity contribution in [1.82, 2.24) is 10.3 Å². The number of aryl methyl sites for hydroxylation is 2. The summed E-state index contributed by atoms with van der Waals surface area (Å²) in [6.07, 6.45) is 1.92. The first kappa shape index (κ1) is 13.1. The van der Waals surface area contributed by atoms with Crippen LogP contribution in [0.15, 0.2) is 18.3 Å². The van der Waals surface area contributed by atoms with Gasteiger partial charge in [-0.15, -0.1) is 11.3 Å². The van der Waals surface area contributed by atoms with Gasteiger partial charge in [0.2, 0.25) is 0 Å². The molecule has 0 bridgehead atoms. The molecule has 1 heterocycles. The average Bonchev–Trinajstić information content (AvgIpc) is 2.81. The molecule has 0 radical (unpaired) electrons. The van der Waals surface area contributed by atoms with Crippen molar-refractivity contribution in [2.45, 2.75) is 27.3 Å². The van der Waals surface area contributed by atoms with Crippen molar-refractivity contribution in [3.05, 3.63) is 34.3 Å². The molecule has 0 aliphatic carbocycles. The molecular weight excluding hydrogens is 244 g/mol. The van der Waals surface area contributed by atoms with Crippen molar-refractivity contribution in [3.8, 4) is 16.3 Å². The first-order chi connectivity index (χ1) is 8.61. The molecule has 0 atom stereocenters. The Bertz CT molecular complexity index is 525. The van der Waals surface area contributed by atoms with Crippen molar-refractivity contribution in [2.24, 2.45) is 0 Å². The summed E-state index contributed by atoms with van der Waals surface area (Å²) in [5.41, 5.74) is 2.87. The topological polar surface area (TPSA) is 45.2 Å². The average molecular weight is 262 g/mol. The number of aromatic hydroxyl groups is 1. The molecule has 1 aromatic carbocycles. The quantitative estimate of drug-likeness (QED) is 0.889. The third-order valence-corrected chi connectivity index (χ3v) is 3.89. The number of benzene rings is 1. The number of nitrogens with one attached hydrogen (secondary N) is 1. The summed E-state index contributed by atoms with van der Waals surface area (Å²) in [4.78, 5) is 5.68. The maximum atomic E-state index is 9.77. The van der Waals surface area contributed by atoms with E-state index in [0.717, 1.165) is 34.8 Å². The summed E-state index contributed by atoms with van der Waals surface area (Å²) >= 11 is 1.69. The van der Waals surface area contributed by atoms with E-state index in [9.17, 15) is 5.11 Å². The van der Waals surface area contributed by atoms with Gasteiger partial charge in [-0.05, 0) is 43.7 Å². The van der Waals surface area contributed by atoms with Crippen LogP contribution < -0.4 is 5.32 Å². The minimum atomic E-state index is 0.378. The van der Waals surface area contributed by atoms with E-state index in [1.165, 1.54) is 4.88 Å². The number of hydrogen-bond donors (Lipinski definition) is 2. The number of thiazole rings is 1. The van der Waals surface area contributed by atoms with Crippen LogP contribution in [0.3, 0.4) is 0 Å². The number of rotatable bonds is 4. The van der Waals surface area contributed by atoms with Crippen LogP contribution in [-0.2, 0) is 6.54 Å². The molecule has 0 saturated heterocycles. The highest BCUT2D eigenvalue weighted by Crippen LogP contribution is 2.31. The summed E-state index contributed by atoms with van der Waals surface area (Å²) in [5, 5.41) is 14.1. The number of hydrogen-bond acceptors (Lipinski definition) is 4. The van der Waals surface area contributed by atoms with E-state index in [0.29, 0.717) is 5.75 Å². The highest BCUT2D eigenvalue weighted by atomic mass is 32.1. The third kappa shape index (κ3) is 2.71. The van der Waals surface area contributed by atoms with Gasteiger partial charge in [-0.3, -0.25) is 0 Å². The predicted molar refractivity (Wildman–Crippen MR) is 76.1 cm³/mol.